The van der Waals surface area contributed by atoms with E-state index in [0.717, 1.165) is 60.6 Å². The van der Waals surface area contributed by atoms with Crippen LogP contribution in [0.3, 0.4) is 0 Å². The quantitative estimate of drug-likeness (QED) is 0.759. The lowest BCUT2D eigenvalue weighted by Crippen LogP contribution is -2.58. The standard InChI is InChI=1S/C26H30N2O5/c1-15(2)20-8-16-9-22(27-13-26(14-27)6-4-17(29)5-7-26)24(33-3)10-18(16)21-11-23(30)19(25(31)32)12-28(20)21/h9-12,15,20H,4-8,13-14H2,1-3H3,(H,31,32). The molecule has 174 valence electrons. The number of hydrogen-bond donors (Lipinski definition) is 1. The maximum absolute atomic E-state index is 12.5. The summed E-state index contributed by atoms with van der Waals surface area (Å²) in [4.78, 5) is 38.1. The fraction of sp³-hybridized carbons (Fsp3) is 0.500. The van der Waals surface area contributed by atoms with E-state index in [-0.39, 0.29) is 22.9 Å². The number of pyridine rings is 1. The lowest BCUT2D eigenvalue weighted by atomic mass is 9.68. The SMILES string of the molecule is COc1cc2c(cc1N1CC3(CCC(=O)CC3)C1)CC(C(C)C)n1cc(C(=O)O)c(=O)cc1-2. The number of carbonyl (C=O) groups excluding carboxylic acids is 1. The summed E-state index contributed by atoms with van der Waals surface area (Å²) in [5.41, 5.74) is 3.41. The average Bonchev–Trinajstić information content (AvgIpc) is 2.76. The van der Waals surface area contributed by atoms with Crippen molar-refractivity contribution in [2.45, 2.75) is 52.0 Å². The van der Waals surface area contributed by atoms with Crippen LogP contribution in [0.1, 0.15) is 61.5 Å². The van der Waals surface area contributed by atoms with Gasteiger partial charge in [-0.3, -0.25) is 9.59 Å². The van der Waals surface area contributed by atoms with E-state index in [1.807, 2.05) is 10.6 Å². The number of methoxy groups -OCH3 is 1. The van der Waals surface area contributed by atoms with Crippen molar-refractivity contribution in [3.8, 4) is 17.0 Å². The highest BCUT2D eigenvalue weighted by Crippen LogP contribution is 2.49. The number of anilines is 1. The Morgan fingerprint density at radius 1 is 1.15 bits per heavy atom. The highest BCUT2D eigenvalue weighted by Gasteiger charge is 2.46. The van der Waals surface area contributed by atoms with Gasteiger partial charge in [0.1, 0.15) is 17.1 Å². The minimum absolute atomic E-state index is 0.0551. The first kappa shape index (κ1) is 21.7. The van der Waals surface area contributed by atoms with Crippen LogP contribution in [-0.4, -0.2) is 41.6 Å². The number of Topliss-reactive ketones (excluding diaryl/α,β-unsaturated/α-hetero) is 1. The molecular formula is C26H30N2O5. The molecule has 1 spiro atoms. The van der Waals surface area contributed by atoms with Crippen molar-refractivity contribution in [3.63, 3.8) is 0 Å². The number of carboxylic acids is 1. The van der Waals surface area contributed by atoms with Crippen LogP contribution in [0.15, 0.2) is 29.2 Å². The molecule has 7 nitrogen and oxygen atoms in total. The molecule has 0 amide bonds. The van der Waals surface area contributed by atoms with E-state index in [1.54, 1.807) is 7.11 Å². The van der Waals surface area contributed by atoms with Crippen molar-refractivity contribution in [2.75, 3.05) is 25.1 Å². The van der Waals surface area contributed by atoms with E-state index in [4.69, 9.17) is 4.74 Å². The average molecular weight is 451 g/mol. The van der Waals surface area contributed by atoms with E-state index >= 15 is 0 Å². The minimum atomic E-state index is -1.20. The molecule has 2 aliphatic heterocycles. The van der Waals surface area contributed by atoms with Crippen molar-refractivity contribution in [1.29, 1.82) is 0 Å². The molecule has 1 atom stereocenters. The number of fused-ring (bicyclic) bond motifs is 3. The topological polar surface area (TPSA) is 88.8 Å². The van der Waals surface area contributed by atoms with Gasteiger partial charge in [0, 0.05) is 55.2 Å². The molecule has 2 aromatic rings. The zero-order chi connectivity index (χ0) is 23.5. The number of aromatic nitrogens is 1. The van der Waals surface area contributed by atoms with Crippen LogP contribution in [0.4, 0.5) is 5.69 Å². The second kappa shape index (κ2) is 7.75. The Morgan fingerprint density at radius 2 is 1.85 bits per heavy atom. The molecule has 3 heterocycles. The molecule has 1 aromatic heterocycles. The summed E-state index contributed by atoms with van der Waals surface area (Å²) in [5, 5.41) is 9.46. The summed E-state index contributed by atoms with van der Waals surface area (Å²) in [6.45, 7) is 6.10. The molecule has 3 aliphatic rings. The third-order valence-electron chi connectivity index (χ3n) is 7.81. The van der Waals surface area contributed by atoms with E-state index in [1.165, 1.54) is 12.3 Å². The molecule has 0 bridgehead atoms. The van der Waals surface area contributed by atoms with E-state index in [9.17, 15) is 19.5 Å². The highest BCUT2D eigenvalue weighted by atomic mass is 16.5. The smallest absolute Gasteiger partial charge is 0.341 e. The number of nitrogens with zero attached hydrogens (tertiary/aromatic N) is 2. The van der Waals surface area contributed by atoms with Crippen molar-refractivity contribution in [3.05, 3.63) is 45.7 Å². The van der Waals surface area contributed by atoms with Crippen LogP contribution in [-0.2, 0) is 11.2 Å². The molecule has 0 radical (unpaired) electrons. The summed E-state index contributed by atoms with van der Waals surface area (Å²) in [7, 11) is 1.65. The first-order valence-corrected chi connectivity index (χ1v) is 11.7. The molecule has 5 rings (SSSR count). The number of ketones is 1. The van der Waals surface area contributed by atoms with Gasteiger partial charge in [0.15, 0.2) is 5.43 Å². The lowest BCUT2D eigenvalue weighted by molar-refractivity contribution is -0.122. The van der Waals surface area contributed by atoms with Crippen LogP contribution < -0.4 is 15.1 Å². The molecule has 1 unspecified atom stereocenters. The van der Waals surface area contributed by atoms with Gasteiger partial charge < -0.3 is 19.3 Å². The number of carboxylic acid groups (broad SMARTS) is 1. The Kier molecular flexibility index (Phi) is 5.10. The zero-order valence-electron chi connectivity index (χ0n) is 19.4. The number of ether oxygens (including phenoxy) is 1. The molecule has 7 heteroatoms. The van der Waals surface area contributed by atoms with Crippen molar-refractivity contribution in [1.82, 2.24) is 4.57 Å². The number of aromatic carboxylic acids is 1. The minimum Gasteiger partial charge on any atom is -0.495 e. The van der Waals surface area contributed by atoms with Crippen molar-refractivity contribution >= 4 is 17.4 Å². The molecule has 1 saturated heterocycles. The van der Waals surface area contributed by atoms with Gasteiger partial charge in [-0.1, -0.05) is 13.8 Å². The molecule has 1 N–H and O–H groups in total. The Bertz CT molecular complexity index is 1190. The van der Waals surface area contributed by atoms with Gasteiger partial charge in [-0.15, -0.1) is 0 Å². The van der Waals surface area contributed by atoms with Gasteiger partial charge in [-0.25, -0.2) is 4.79 Å². The zero-order valence-corrected chi connectivity index (χ0v) is 19.4. The number of benzene rings is 1. The Labute approximate surface area is 193 Å². The van der Waals surface area contributed by atoms with Gasteiger partial charge in [0.05, 0.1) is 18.5 Å². The first-order valence-electron chi connectivity index (χ1n) is 11.7. The van der Waals surface area contributed by atoms with Crippen LogP contribution in [0.5, 0.6) is 5.75 Å². The lowest BCUT2D eigenvalue weighted by Gasteiger charge is -2.53. The largest absolute Gasteiger partial charge is 0.495 e. The van der Waals surface area contributed by atoms with Crippen molar-refractivity contribution < 1.29 is 19.4 Å². The molecule has 1 aromatic carbocycles. The fourth-order valence-electron chi connectivity index (χ4n) is 5.82. The number of rotatable bonds is 4. The maximum atomic E-state index is 12.5. The van der Waals surface area contributed by atoms with E-state index in [0.29, 0.717) is 18.6 Å². The summed E-state index contributed by atoms with van der Waals surface area (Å²) in [5.74, 6) is 0.191. The molecular weight excluding hydrogens is 420 g/mol. The summed E-state index contributed by atoms with van der Waals surface area (Å²) in [6.07, 6.45) is 5.56. The Morgan fingerprint density at radius 3 is 2.45 bits per heavy atom. The summed E-state index contributed by atoms with van der Waals surface area (Å²) < 4.78 is 7.72. The van der Waals surface area contributed by atoms with Gasteiger partial charge in [-0.2, -0.15) is 0 Å². The van der Waals surface area contributed by atoms with Crippen molar-refractivity contribution in [2.24, 2.45) is 11.3 Å². The number of carbonyl (C=O) groups is 2. The molecule has 1 saturated carbocycles. The van der Waals surface area contributed by atoms with E-state index < -0.39 is 11.4 Å². The maximum Gasteiger partial charge on any atom is 0.341 e. The van der Waals surface area contributed by atoms with Gasteiger partial charge in [0.2, 0.25) is 0 Å². The third-order valence-corrected chi connectivity index (χ3v) is 7.81. The van der Waals surface area contributed by atoms with E-state index in [2.05, 4.69) is 24.8 Å². The van der Waals surface area contributed by atoms with Gasteiger partial charge in [0.25, 0.3) is 0 Å². The third kappa shape index (κ3) is 3.54. The van der Waals surface area contributed by atoms with Crippen LogP contribution in [0.25, 0.3) is 11.3 Å². The van der Waals surface area contributed by atoms with Gasteiger partial charge in [-0.05, 0) is 42.9 Å². The molecule has 1 aliphatic carbocycles. The Balaban J connectivity index is 1.55. The highest BCUT2D eigenvalue weighted by molar-refractivity contribution is 5.88. The van der Waals surface area contributed by atoms with Crippen LogP contribution >= 0.6 is 0 Å². The summed E-state index contributed by atoms with van der Waals surface area (Å²) >= 11 is 0. The fourth-order valence-corrected chi connectivity index (χ4v) is 5.82. The predicted octanol–water partition coefficient (Wildman–Crippen LogP) is 3.92. The normalized spacial score (nSPS) is 20.9. The van der Waals surface area contributed by atoms with Gasteiger partial charge >= 0.3 is 5.97 Å². The first-order chi connectivity index (χ1) is 15.7. The second-order valence-corrected chi connectivity index (χ2v) is 10.2. The molecule has 2 fully saturated rings. The monoisotopic (exact) mass is 450 g/mol. The second-order valence-electron chi connectivity index (χ2n) is 10.2. The number of hydrogen-bond acceptors (Lipinski definition) is 5. The molecule has 33 heavy (non-hydrogen) atoms. The summed E-state index contributed by atoms with van der Waals surface area (Å²) in [6, 6.07) is 5.68. The van der Waals surface area contributed by atoms with Crippen LogP contribution in [0, 0.1) is 11.3 Å². The predicted molar refractivity (Wildman–Crippen MR) is 125 cm³/mol. The Hall–Kier alpha value is -3.09. The van der Waals surface area contributed by atoms with Crippen LogP contribution in [0.2, 0.25) is 0 Å².